The van der Waals surface area contributed by atoms with Gasteiger partial charge in [-0.3, -0.25) is 0 Å². The van der Waals surface area contributed by atoms with Gasteiger partial charge in [-0.2, -0.15) is 0 Å². The smallest absolute Gasteiger partial charge is 0.110 e. The van der Waals surface area contributed by atoms with Crippen LogP contribution in [0.15, 0.2) is 22.7 Å². The second-order valence-corrected chi connectivity index (χ2v) is 8.46. The molecule has 0 spiro atoms. The van der Waals surface area contributed by atoms with Crippen molar-refractivity contribution in [3.05, 3.63) is 28.2 Å². The van der Waals surface area contributed by atoms with Gasteiger partial charge in [0.2, 0.25) is 0 Å². The zero-order valence-corrected chi connectivity index (χ0v) is 12.1. The molecule has 4 heteroatoms. The average Bonchev–Trinajstić information content (AvgIpc) is 1.99. The molecule has 0 N–H and O–H groups in total. The quantitative estimate of drug-likeness (QED) is 0.798. The first-order valence-electron chi connectivity index (χ1n) is 4.79. The topological polar surface area (TPSA) is 20.3 Å². The molecule has 0 aromatic heterocycles. The Morgan fingerprint density at radius 3 is 2.40 bits per heavy atom. The van der Waals surface area contributed by atoms with E-state index in [1.165, 1.54) is 0 Å². The molecule has 1 rings (SSSR count). The predicted octanol–water partition coefficient (Wildman–Crippen LogP) is 2.76. The molecule has 0 heterocycles. The second-order valence-electron chi connectivity index (χ2n) is 4.36. The lowest BCUT2D eigenvalue weighted by Gasteiger charge is -2.17. The van der Waals surface area contributed by atoms with Crippen LogP contribution in [0.3, 0.4) is 0 Å². The fourth-order valence-electron chi connectivity index (χ4n) is 1.55. The molecule has 0 bridgehead atoms. The van der Waals surface area contributed by atoms with Gasteiger partial charge in [-0.15, -0.1) is 0 Å². The van der Waals surface area contributed by atoms with Gasteiger partial charge in [0.15, 0.2) is 0 Å². The van der Waals surface area contributed by atoms with Crippen LogP contribution >= 0.6 is 23.1 Å². The Morgan fingerprint density at radius 1 is 1.33 bits per heavy atom. The first-order chi connectivity index (χ1) is 6.80. The monoisotopic (exact) mass is 289 g/mol. The maximum Gasteiger partial charge on any atom is 0.110 e. The summed E-state index contributed by atoms with van der Waals surface area (Å²) in [6.45, 7) is 4.45. The van der Waals surface area contributed by atoms with E-state index in [2.05, 4.69) is 26.9 Å². The first-order valence-corrected chi connectivity index (χ1v) is 8.19. The van der Waals surface area contributed by atoms with Crippen LogP contribution in [-0.2, 0) is 11.1 Å². The van der Waals surface area contributed by atoms with Gasteiger partial charge in [0.05, 0.1) is 0 Å². The molecule has 15 heavy (non-hydrogen) atoms. The van der Waals surface area contributed by atoms with E-state index in [0.29, 0.717) is 0 Å². The van der Waals surface area contributed by atoms with Crippen molar-refractivity contribution in [1.82, 2.24) is 4.90 Å². The van der Waals surface area contributed by atoms with Gasteiger partial charge in [-0.25, -0.2) is 0 Å². The molecule has 0 saturated heterocycles. The van der Waals surface area contributed by atoms with Gasteiger partial charge in [0.25, 0.3) is 0 Å². The van der Waals surface area contributed by atoms with Crippen LogP contribution in [0.1, 0.15) is 5.56 Å². The summed E-state index contributed by atoms with van der Waals surface area (Å²) in [7, 11) is 1.85. The molecule has 0 aliphatic rings. The molecule has 0 aliphatic heterocycles. The summed E-state index contributed by atoms with van der Waals surface area (Å²) in [6, 6.07) is 5.97. The Bertz CT molecular complexity index is 398. The maximum atomic E-state index is 12.1. The van der Waals surface area contributed by atoms with Crippen molar-refractivity contribution in [2.75, 3.05) is 27.4 Å². The molecule has 0 fully saturated rings. The molecule has 84 valence electrons. The van der Waals surface area contributed by atoms with E-state index in [1.54, 1.807) is 0 Å². The van der Waals surface area contributed by atoms with E-state index in [0.717, 1.165) is 21.9 Å². The molecule has 0 atom stereocenters. The summed E-state index contributed by atoms with van der Waals surface area (Å²) in [5, 5.41) is 0.986. The van der Waals surface area contributed by atoms with Crippen molar-refractivity contribution in [2.24, 2.45) is 0 Å². The highest BCUT2D eigenvalue weighted by Gasteiger charge is 2.16. The van der Waals surface area contributed by atoms with Crippen molar-refractivity contribution in [3.63, 3.8) is 0 Å². The maximum absolute atomic E-state index is 12.1. The van der Waals surface area contributed by atoms with Gasteiger partial charge in [-0.05, 0) is 45.1 Å². The number of hydrogen-bond donors (Lipinski definition) is 0. The zero-order valence-electron chi connectivity index (χ0n) is 9.62. The van der Waals surface area contributed by atoms with Crippen LogP contribution in [0.2, 0.25) is 0 Å². The third-order valence-corrected chi connectivity index (χ3v) is 4.20. The largest absolute Gasteiger partial charge is 0.319 e. The molecular weight excluding hydrogens is 273 g/mol. The fourth-order valence-corrected chi connectivity index (χ4v) is 3.22. The minimum Gasteiger partial charge on any atom is -0.319 e. The molecule has 2 nitrogen and oxygen atoms in total. The molecule has 0 amide bonds. The average molecular weight is 290 g/mol. The van der Waals surface area contributed by atoms with Crippen LogP contribution < -0.4 is 5.30 Å². The highest BCUT2D eigenvalue weighted by molar-refractivity contribution is 9.10. The molecule has 0 saturated carbocycles. The molecule has 0 unspecified atom stereocenters. The summed E-state index contributed by atoms with van der Waals surface area (Å²) in [5.41, 5.74) is 1.14. The standard InChI is InChI=1S/C11H17BrNOP/c1-13(2)8-9-7-10(12)5-6-11(9)15(3,4)14/h5-7H,8H2,1-4H3. The van der Waals surface area contributed by atoms with E-state index >= 15 is 0 Å². The Morgan fingerprint density at radius 2 is 1.93 bits per heavy atom. The number of benzene rings is 1. The van der Waals surface area contributed by atoms with Gasteiger partial charge < -0.3 is 9.46 Å². The molecule has 0 aliphatic carbocycles. The Kier molecular flexibility index (Phi) is 4.16. The van der Waals surface area contributed by atoms with E-state index < -0.39 is 7.14 Å². The first kappa shape index (κ1) is 13.0. The normalized spacial score (nSPS) is 12.1. The lowest BCUT2D eigenvalue weighted by Crippen LogP contribution is -2.18. The molecular formula is C11H17BrNOP. The molecule has 1 aromatic carbocycles. The van der Waals surface area contributed by atoms with Gasteiger partial charge in [0.1, 0.15) is 7.14 Å². The Hall–Kier alpha value is -0.110. The number of halogens is 1. The summed E-state index contributed by atoms with van der Waals surface area (Å²) in [6.07, 6.45) is 0. The van der Waals surface area contributed by atoms with E-state index in [1.807, 2.05) is 39.6 Å². The summed E-state index contributed by atoms with van der Waals surface area (Å²) >= 11 is 3.44. The van der Waals surface area contributed by atoms with Crippen LogP contribution in [0, 0.1) is 0 Å². The van der Waals surface area contributed by atoms with Crippen molar-refractivity contribution in [1.29, 1.82) is 0 Å². The van der Waals surface area contributed by atoms with E-state index in [-0.39, 0.29) is 0 Å². The van der Waals surface area contributed by atoms with Crippen molar-refractivity contribution in [2.45, 2.75) is 6.54 Å². The van der Waals surface area contributed by atoms with Crippen LogP contribution in [0.25, 0.3) is 0 Å². The highest BCUT2D eigenvalue weighted by atomic mass is 79.9. The highest BCUT2D eigenvalue weighted by Crippen LogP contribution is 2.36. The second kappa shape index (κ2) is 4.82. The van der Waals surface area contributed by atoms with E-state index in [4.69, 9.17) is 0 Å². The fraction of sp³-hybridized carbons (Fsp3) is 0.455. The number of hydrogen-bond acceptors (Lipinski definition) is 2. The number of rotatable bonds is 3. The zero-order chi connectivity index (χ0) is 11.6. The summed E-state index contributed by atoms with van der Waals surface area (Å²) in [5.74, 6) is 0. The van der Waals surface area contributed by atoms with Gasteiger partial charge >= 0.3 is 0 Å². The summed E-state index contributed by atoms with van der Waals surface area (Å²) in [4.78, 5) is 2.08. The van der Waals surface area contributed by atoms with Gasteiger partial charge in [0, 0.05) is 16.3 Å². The van der Waals surface area contributed by atoms with E-state index in [9.17, 15) is 4.57 Å². The third kappa shape index (κ3) is 3.75. The molecule has 1 aromatic rings. The van der Waals surface area contributed by atoms with Crippen molar-refractivity contribution < 1.29 is 4.57 Å². The van der Waals surface area contributed by atoms with Crippen LogP contribution in [0.5, 0.6) is 0 Å². The summed E-state index contributed by atoms with van der Waals surface area (Å²) < 4.78 is 13.1. The van der Waals surface area contributed by atoms with Crippen LogP contribution in [-0.4, -0.2) is 32.3 Å². The van der Waals surface area contributed by atoms with Crippen molar-refractivity contribution in [3.8, 4) is 0 Å². The lowest BCUT2D eigenvalue weighted by atomic mass is 10.2. The lowest BCUT2D eigenvalue weighted by molar-refractivity contribution is 0.403. The third-order valence-electron chi connectivity index (χ3n) is 2.11. The van der Waals surface area contributed by atoms with Crippen LogP contribution in [0.4, 0.5) is 0 Å². The minimum atomic E-state index is -2.18. The SMILES string of the molecule is CN(C)Cc1cc(Br)ccc1P(C)(C)=O. The Labute approximate surface area is 100 Å². The number of nitrogens with zero attached hydrogens (tertiary/aromatic N) is 1. The van der Waals surface area contributed by atoms with Gasteiger partial charge in [-0.1, -0.05) is 22.0 Å². The molecule has 0 radical (unpaired) electrons. The predicted molar refractivity (Wildman–Crippen MR) is 70.6 cm³/mol. The Balaban J connectivity index is 3.21. The van der Waals surface area contributed by atoms with Crippen molar-refractivity contribution >= 4 is 28.4 Å². The minimum absolute atomic E-state index is 0.820.